The van der Waals surface area contributed by atoms with Gasteiger partial charge in [0.1, 0.15) is 17.5 Å². The lowest BCUT2D eigenvalue weighted by atomic mass is 10.1. The molecule has 0 aliphatic heterocycles. The van der Waals surface area contributed by atoms with Crippen LogP contribution >= 0.6 is 0 Å². The number of carbonyl (C=O) groups excluding carboxylic acids is 2. The summed E-state index contributed by atoms with van der Waals surface area (Å²) in [5, 5.41) is 3.04. The fourth-order valence-corrected chi connectivity index (χ4v) is 3.57. The van der Waals surface area contributed by atoms with Crippen molar-refractivity contribution in [1.29, 1.82) is 0 Å². The van der Waals surface area contributed by atoms with Gasteiger partial charge in [-0.3, -0.25) is 9.59 Å². The average molecular weight is 455 g/mol. The Bertz CT molecular complexity index is 839. The molecule has 0 aliphatic rings. The Morgan fingerprint density at radius 2 is 1.64 bits per heavy atom. The number of nitrogens with zero attached hydrogens (tertiary/aromatic N) is 1. The van der Waals surface area contributed by atoms with Crippen molar-refractivity contribution in [3.05, 3.63) is 60.2 Å². The van der Waals surface area contributed by atoms with Crippen molar-refractivity contribution in [2.24, 2.45) is 0 Å². The number of nitrogens with one attached hydrogen (secondary N) is 1. The highest BCUT2D eigenvalue weighted by atomic mass is 16.5. The molecule has 6 heteroatoms. The minimum Gasteiger partial charge on any atom is -0.497 e. The summed E-state index contributed by atoms with van der Waals surface area (Å²) in [7, 11) is 1.62. The minimum atomic E-state index is -0.474. The van der Waals surface area contributed by atoms with Crippen LogP contribution in [-0.2, 0) is 16.0 Å². The van der Waals surface area contributed by atoms with E-state index in [0.717, 1.165) is 23.5 Å². The Morgan fingerprint density at radius 1 is 0.970 bits per heavy atom. The van der Waals surface area contributed by atoms with Gasteiger partial charge in [-0.2, -0.15) is 0 Å². The molecule has 1 N–H and O–H groups in total. The third-order valence-electron chi connectivity index (χ3n) is 5.73. The van der Waals surface area contributed by atoms with E-state index in [0.29, 0.717) is 38.8 Å². The number of methoxy groups -OCH3 is 1. The number of hydrogen-bond donors (Lipinski definition) is 1. The molecule has 0 saturated heterocycles. The number of rotatable bonds is 14. The molecule has 0 radical (unpaired) electrons. The first-order valence-corrected chi connectivity index (χ1v) is 11.9. The first-order chi connectivity index (χ1) is 16.0. The van der Waals surface area contributed by atoms with Gasteiger partial charge in [0.2, 0.25) is 11.8 Å². The average Bonchev–Trinajstić information content (AvgIpc) is 2.85. The summed E-state index contributed by atoms with van der Waals surface area (Å²) >= 11 is 0. The molecule has 2 aromatic rings. The molecule has 6 nitrogen and oxygen atoms in total. The van der Waals surface area contributed by atoms with Crippen molar-refractivity contribution >= 4 is 11.8 Å². The molecule has 2 aromatic carbocycles. The molecule has 0 fully saturated rings. The normalized spacial score (nSPS) is 12.5. The van der Waals surface area contributed by atoms with Gasteiger partial charge in [0.05, 0.1) is 13.7 Å². The van der Waals surface area contributed by atoms with Crippen molar-refractivity contribution in [3.8, 4) is 11.5 Å². The minimum absolute atomic E-state index is 0.0181. The summed E-state index contributed by atoms with van der Waals surface area (Å²) in [6.45, 7) is 6.91. The van der Waals surface area contributed by atoms with Gasteiger partial charge in [0.15, 0.2) is 0 Å². The predicted octanol–water partition coefficient (Wildman–Crippen LogP) is 4.62. The molecule has 0 aliphatic carbocycles. The highest BCUT2D eigenvalue weighted by molar-refractivity contribution is 5.87. The molecule has 0 aromatic heterocycles. The van der Waals surface area contributed by atoms with Crippen molar-refractivity contribution in [3.63, 3.8) is 0 Å². The van der Waals surface area contributed by atoms with Gasteiger partial charge < -0.3 is 19.7 Å². The standard InChI is InChI=1S/C27H38N2O4/c1-5-21(3)28-27(31)25(6-2)29(19-18-22-11-8-7-9-12-22)26(30)13-10-20-33-24-16-14-23(32-4)15-17-24/h7-9,11-12,14-17,21,25H,5-6,10,13,18-20H2,1-4H3,(H,28,31)/t21-,25-/m1/s1. The lowest BCUT2D eigenvalue weighted by Crippen LogP contribution is -2.51. The molecule has 2 atom stereocenters. The largest absolute Gasteiger partial charge is 0.497 e. The maximum atomic E-state index is 13.2. The molecule has 0 saturated carbocycles. The summed E-state index contributed by atoms with van der Waals surface area (Å²) in [6.07, 6.45) is 3.05. The molecule has 2 amide bonds. The Morgan fingerprint density at radius 3 is 2.24 bits per heavy atom. The summed E-state index contributed by atoms with van der Waals surface area (Å²) in [5.41, 5.74) is 1.15. The van der Waals surface area contributed by atoms with E-state index in [9.17, 15) is 9.59 Å². The second-order valence-electron chi connectivity index (χ2n) is 8.19. The maximum absolute atomic E-state index is 13.2. The number of ether oxygens (including phenoxy) is 2. The van der Waals surface area contributed by atoms with Crippen molar-refractivity contribution < 1.29 is 19.1 Å². The Hall–Kier alpha value is -3.02. The van der Waals surface area contributed by atoms with Crippen LogP contribution in [0.4, 0.5) is 0 Å². The third kappa shape index (κ3) is 8.79. The van der Waals surface area contributed by atoms with Crippen LogP contribution in [0.2, 0.25) is 0 Å². The zero-order chi connectivity index (χ0) is 24.1. The van der Waals surface area contributed by atoms with E-state index in [2.05, 4.69) is 5.32 Å². The molecule has 180 valence electrons. The van der Waals surface area contributed by atoms with Crippen LogP contribution in [0.5, 0.6) is 11.5 Å². The fraction of sp³-hybridized carbons (Fsp3) is 0.481. The van der Waals surface area contributed by atoms with Crippen LogP contribution in [0.3, 0.4) is 0 Å². The maximum Gasteiger partial charge on any atom is 0.243 e. The van der Waals surface area contributed by atoms with Gasteiger partial charge in [-0.15, -0.1) is 0 Å². The number of hydrogen-bond acceptors (Lipinski definition) is 4. The van der Waals surface area contributed by atoms with E-state index < -0.39 is 6.04 Å². The monoisotopic (exact) mass is 454 g/mol. The molecule has 33 heavy (non-hydrogen) atoms. The number of carbonyl (C=O) groups is 2. The zero-order valence-electron chi connectivity index (χ0n) is 20.4. The Balaban J connectivity index is 1.98. The Labute approximate surface area is 198 Å². The molecule has 0 heterocycles. The molecule has 2 rings (SSSR count). The van der Waals surface area contributed by atoms with Crippen LogP contribution in [0.1, 0.15) is 52.0 Å². The van der Waals surface area contributed by atoms with Gasteiger partial charge in [-0.05, 0) is 62.4 Å². The molecule has 0 bridgehead atoms. The Kier molecular flexibility index (Phi) is 11.3. The lowest BCUT2D eigenvalue weighted by molar-refractivity contribution is -0.141. The molecular formula is C27H38N2O4. The molecule has 0 spiro atoms. The fourth-order valence-electron chi connectivity index (χ4n) is 3.57. The van der Waals surface area contributed by atoms with E-state index in [1.54, 1.807) is 12.0 Å². The highest BCUT2D eigenvalue weighted by Gasteiger charge is 2.28. The van der Waals surface area contributed by atoms with Crippen molar-refractivity contribution in [2.75, 3.05) is 20.3 Å². The van der Waals surface area contributed by atoms with E-state index in [1.807, 2.05) is 75.4 Å². The van der Waals surface area contributed by atoms with Gasteiger partial charge >= 0.3 is 0 Å². The summed E-state index contributed by atoms with van der Waals surface area (Å²) in [6, 6.07) is 17.0. The van der Waals surface area contributed by atoms with Crippen LogP contribution in [0.15, 0.2) is 54.6 Å². The lowest BCUT2D eigenvalue weighted by Gasteiger charge is -2.31. The van der Waals surface area contributed by atoms with Crippen molar-refractivity contribution in [1.82, 2.24) is 10.2 Å². The molecular weight excluding hydrogens is 416 g/mol. The van der Waals surface area contributed by atoms with Crippen LogP contribution in [0, 0.1) is 0 Å². The first kappa shape index (κ1) is 26.2. The number of benzene rings is 2. The summed E-state index contributed by atoms with van der Waals surface area (Å²) in [4.78, 5) is 27.9. The number of amides is 2. The van der Waals surface area contributed by atoms with Gasteiger partial charge in [0.25, 0.3) is 0 Å². The van der Waals surface area contributed by atoms with Crippen LogP contribution in [0.25, 0.3) is 0 Å². The quantitative estimate of drug-likeness (QED) is 0.423. The van der Waals surface area contributed by atoms with Crippen LogP contribution in [-0.4, -0.2) is 49.1 Å². The second kappa shape index (κ2) is 14.2. The third-order valence-corrected chi connectivity index (χ3v) is 5.73. The topological polar surface area (TPSA) is 67.9 Å². The van der Waals surface area contributed by atoms with E-state index in [4.69, 9.17) is 9.47 Å². The summed E-state index contributed by atoms with van der Waals surface area (Å²) in [5.74, 6) is 1.41. The van der Waals surface area contributed by atoms with E-state index in [1.165, 1.54) is 0 Å². The second-order valence-corrected chi connectivity index (χ2v) is 8.19. The van der Waals surface area contributed by atoms with E-state index in [-0.39, 0.29) is 17.9 Å². The summed E-state index contributed by atoms with van der Waals surface area (Å²) < 4.78 is 10.9. The van der Waals surface area contributed by atoms with Gasteiger partial charge in [-0.25, -0.2) is 0 Å². The van der Waals surface area contributed by atoms with Gasteiger partial charge in [-0.1, -0.05) is 44.2 Å². The zero-order valence-corrected chi connectivity index (χ0v) is 20.4. The first-order valence-electron chi connectivity index (χ1n) is 11.9. The smallest absolute Gasteiger partial charge is 0.243 e. The van der Waals surface area contributed by atoms with Gasteiger partial charge in [0, 0.05) is 19.0 Å². The molecule has 0 unspecified atom stereocenters. The van der Waals surface area contributed by atoms with E-state index >= 15 is 0 Å². The van der Waals surface area contributed by atoms with Crippen molar-refractivity contribution in [2.45, 2.75) is 65.0 Å². The SMILES string of the molecule is CC[C@@H](C)NC(=O)[C@@H](CC)N(CCc1ccccc1)C(=O)CCCOc1ccc(OC)cc1. The van der Waals surface area contributed by atoms with Crippen LogP contribution < -0.4 is 14.8 Å². The highest BCUT2D eigenvalue weighted by Crippen LogP contribution is 2.18. The predicted molar refractivity (Wildman–Crippen MR) is 132 cm³/mol.